The fraction of sp³-hybridized carbons (Fsp3) is 0.440. The molecule has 0 saturated carbocycles. The lowest BCUT2D eigenvalue weighted by Gasteiger charge is -2.50. The van der Waals surface area contributed by atoms with Crippen LogP contribution in [-0.4, -0.2) is 41.0 Å². The molecule has 0 radical (unpaired) electrons. The van der Waals surface area contributed by atoms with E-state index in [1.807, 2.05) is 56.0 Å². The number of piperidine rings is 1. The Bertz CT molecular complexity index is 914. The van der Waals surface area contributed by atoms with Crippen LogP contribution in [0.25, 0.3) is 0 Å². The molecule has 1 saturated heterocycles. The molecule has 1 fully saturated rings. The number of nitrogens with zero attached hydrogens (tertiary/aromatic N) is 1. The molecular weight excluding hydrogens is 412 g/mol. The summed E-state index contributed by atoms with van der Waals surface area (Å²) in [6, 6.07) is 16.1. The van der Waals surface area contributed by atoms with Crippen LogP contribution in [0.3, 0.4) is 0 Å². The average Bonchev–Trinajstić information content (AvgIpc) is 2.76. The molecular formula is C25H31ClN2O3. The molecule has 2 atom stereocenters. The van der Waals surface area contributed by atoms with Gasteiger partial charge in [0.15, 0.2) is 0 Å². The van der Waals surface area contributed by atoms with E-state index in [2.05, 4.69) is 5.32 Å². The molecule has 1 aliphatic heterocycles. The Morgan fingerprint density at radius 2 is 1.77 bits per heavy atom. The number of rotatable bonds is 6. The summed E-state index contributed by atoms with van der Waals surface area (Å²) in [4.78, 5) is 27.3. The summed E-state index contributed by atoms with van der Waals surface area (Å²) in [5.41, 5.74) is -0.180. The highest BCUT2D eigenvalue weighted by Gasteiger charge is 2.49. The molecule has 2 aromatic rings. The second kappa shape index (κ2) is 9.41. The summed E-state index contributed by atoms with van der Waals surface area (Å²) in [5, 5.41) is 15.1. The van der Waals surface area contributed by atoms with Crippen molar-refractivity contribution in [3.8, 4) is 0 Å². The maximum Gasteiger partial charge on any atom is 0.251 e. The zero-order chi connectivity index (χ0) is 22.6. The number of carbonyl (C=O) groups is 2. The van der Waals surface area contributed by atoms with E-state index in [0.29, 0.717) is 36.5 Å². The van der Waals surface area contributed by atoms with Crippen LogP contribution in [0.2, 0.25) is 5.02 Å². The van der Waals surface area contributed by atoms with Crippen LogP contribution < -0.4 is 5.32 Å². The van der Waals surface area contributed by atoms with E-state index in [0.717, 1.165) is 5.56 Å². The first-order chi connectivity index (χ1) is 14.7. The second-order valence-electron chi connectivity index (χ2n) is 8.97. The minimum atomic E-state index is -1.04. The van der Waals surface area contributed by atoms with E-state index in [4.69, 9.17) is 11.6 Å². The van der Waals surface area contributed by atoms with Crippen LogP contribution in [0.5, 0.6) is 0 Å². The van der Waals surface area contributed by atoms with Crippen LogP contribution >= 0.6 is 11.6 Å². The van der Waals surface area contributed by atoms with Crippen LogP contribution in [0, 0.1) is 5.41 Å². The number of hydrogen-bond donors (Lipinski definition) is 2. The van der Waals surface area contributed by atoms with Gasteiger partial charge < -0.3 is 15.3 Å². The Hall–Kier alpha value is -2.37. The Morgan fingerprint density at radius 3 is 2.35 bits per heavy atom. The van der Waals surface area contributed by atoms with Crippen molar-refractivity contribution in [1.82, 2.24) is 10.2 Å². The summed E-state index contributed by atoms with van der Waals surface area (Å²) in [6.45, 7) is 6.83. The van der Waals surface area contributed by atoms with Gasteiger partial charge >= 0.3 is 0 Å². The molecule has 3 rings (SSSR count). The first-order valence-electron chi connectivity index (χ1n) is 10.8. The number of amides is 2. The zero-order valence-corrected chi connectivity index (χ0v) is 19.2. The molecule has 0 aliphatic carbocycles. The molecule has 6 heteroatoms. The Balaban J connectivity index is 1.65. The van der Waals surface area contributed by atoms with Gasteiger partial charge in [-0.1, -0.05) is 62.7 Å². The van der Waals surface area contributed by atoms with Crippen molar-refractivity contribution in [1.29, 1.82) is 0 Å². The maximum atomic E-state index is 13.0. The van der Waals surface area contributed by atoms with Gasteiger partial charge in [-0.25, -0.2) is 0 Å². The van der Waals surface area contributed by atoms with E-state index in [1.54, 1.807) is 24.3 Å². The fourth-order valence-electron chi connectivity index (χ4n) is 4.29. The molecule has 31 heavy (non-hydrogen) atoms. The van der Waals surface area contributed by atoms with E-state index < -0.39 is 11.0 Å². The lowest BCUT2D eigenvalue weighted by molar-refractivity contribution is -0.153. The van der Waals surface area contributed by atoms with E-state index in [1.165, 1.54) is 0 Å². The predicted molar refractivity (Wildman–Crippen MR) is 123 cm³/mol. The lowest BCUT2D eigenvalue weighted by atomic mass is 9.66. The Labute approximate surface area is 189 Å². The summed E-state index contributed by atoms with van der Waals surface area (Å²) in [7, 11) is 0. The van der Waals surface area contributed by atoms with Crippen molar-refractivity contribution in [3.63, 3.8) is 0 Å². The molecule has 0 spiro atoms. The Kier molecular flexibility index (Phi) is 7.07. The molecule has 166 valence electrons. The molecule has 5 nitrogen and oxygen atoms in total. The fourth-order valence-corrected chi connectivity index (χ4v) is 4.42. The third-order valence-corrected chi connectivity index (χ3v) is 6.66. The lowest BCUT2D eigenvalue weighted by Crippen LogP contribution is -2.57. The van der Waals surface area contributed by atoms with Gasteiger partial charge in [0, 0.05) is 41.6 Å². The van der Waals surface area contributed by atoms with Gasteiger partial charge in [0.05, 0.1) is 5.60 Å². The molecule has 2 amide bonds. The minimum Gasteiger partial charge on any atom is -0.384 e. The normalized spacial score (nSPS) is 21.4. The monoisotopic (exact) mass is 442 g/mol. The van der Waals surface area contributed by atoms with Crippen molar-refractivity contribution in [2.75, 3.05) is 13.1 Å². The van der Waals surface area contributed by atoms with Crippen molar-refractivity contribution in [2.24, 2.45) is 5.41 Å². The Morgan fingerprint density at radius 1 is 1.13 bits per heavy atom. The molecule has 0 aromatic heterocycles. The van der Waals surface area contributed by atoms with Gasteiger partial charge in [-0.15, -0.1) is 0 Å². The molecule has 2 aromatic carbocycles. The second-order valence-corrected chi connectivity index (χ2v) is 9.40. The van der Waals surface area contributed by atoms with Crippen molar-refractivity contribution in [2.45, 2.75) is 51.7 Å². The molecule has 2 N–H and O–H groups in total. The maximum absolute atomic E-state index is 13.0. The SMILES string of the molecule is CCC(CC(=O)N1CC[C@](O)(c2ccc(Cl)cc2)C(C)(C)C1)NC(=O)c1ccccc1. The highest BCUT2D eigenvalue weighted by atomic mass is 35.5. The van der Waals surface area contributed by atoms with E-state index in [-0.39, 0.29) is 24.3 Å². The summed E-state index contributed by atoms with van der Waals surface area (Å²) in [6.07, 6.45) is 1.35. The highest BCUT2D eigenvalue weighted by Crippen LogP contribution is 2.46. The number of halogens is 1. The van der Waals surface area contributed by atoms with Crippen LogP contribution in [0.4, 0.5) is 0 Å². The number of nitrogens with one attached hydrogen (secondary N) is 1. The van der Waals surface area contributed by atoms with Gasteiger partial charge in [-0.3, -0.25) is 9.59 Å². The molecule has 1 heterocycles. The number of aliphatic hydroxyl groups is 1. The van der Waals surface area contributed by atoms with Gasteiger partial charge in [-0.2, -0.15) is 0 Å². The minimum absolute atomic E-state index is 0.00792. The van der Waals surface area contributed by atoms with Crippen molar-refractivity contribution < 1.29 is 14.7 Å². The van der Waals surface area contributed by atoms with Crippen molar-refractivity contribution >= 4 is 23.4 Å². The smallest absolute Gasteiger partial charge is 0.251 e. The molecule has 0 bridgehead atoms. The first-order valence-corrected chi connectivity index (χ1v) is 11.2. The highest BCUT2D eigenvalue weighted by molar-refractivity contribution is 6.30. The van der Waals surface area contributed by atoms with Gasteiger partial charge in [0.1, 0.15) is 0 Å². The van der Waals surface area contributed by atoms with E-state index >= 15 is 0 Å². The number of carbonyl (C=O) groups excluding carboxylic acids is 2. The number of likely N-dealkylation sites (tertiary alicyclic amines) is 1. The topological polar surface area (TPSA) is 69.6 Å². The first kappa shape index (κ1) is 23.3. The zero-order valence-electron chi connectivity index (χ0n) is 18.4. The number of hydrogen-bond acceptors (Lipinski definition) is 3. The summed E-state index contributed by atoms with van der Waals surface area (Å²) < 4.78 is 0. The van der Waals surface area contributed by atoms with Crippen molar-refractivity contribution in [3.05, 3.63) is 70.7 Å². The average molecular weight is 443 g/mol. The largest absolute Gasteiger partial charge is 0.384 e. The quantitative estimate of drug-likeness (QED) is 0.697. The van der Waals surface area contributed by atoms with Crippen LogP contribution in [0.1, 0.15) is 56.0 Å². The van der Waals surface area contributed by atoms with Crippen LogP contribution in [-0.2, 0) is 10.4 Å². The molecule has 1 unspecified atom stereocenters. The van der Waals surface area contributed by atoms with Gasteiger partial charge in [0.25, 0.3) is 5.91 Å². The standard InChI is InChI=1S/C25H31ClN2O3/c1-4-21(27-23(30)18-8-6-5-7-9-18)16-22(29)28-15-14-25(31,24(2,3)17-28)19-10-12-20(26)13-11-19/h5-13,21,31H,4,14-17H2,1-3H3,(H,27,30)/t21?,25-/m0/s1. The third kappa shape index (κ3) is 5.10. The summed E-state index contributed by atoms with van der Waals surface area (Å²) in [5.74, 6) is -0.178. The third-order valence-electron chi connectivity index (χ3n) is 6.41. The predicted octanol–water partition coefficient (Wildman–Crippen LogP) is 4.38. The number of benzene rings is 2. The van der Waals surface area contributed by atoms with Gasteiger partial charge in [0.2, 0.25) is 5.91 Å². The van der Waals surface area contributed by atoms with E-state index in [9.17, 15) is 14.7 Å². The molecule has 1 aliphatic rings. The summed E-state index contributed by atoms with van der Waals surface area (Å²) >= 11 is 6.00. The van der Waals surface area contributed by atoms with Crippen LogP contribution in [0.15, 0.2) is 54.6 Å². The van der Waals surface area contributed by atoms with Gasteiger partial charge in [-0.05, 0) is 42.7 Å².